The molecule has 19 heavy (non-hydrogen) atoms. The topological polar surface area (TPSA) is 75.4 Å². The summed E-state index contributed by atoms with van der Waals surface area (Å²) in [6.07, 6.45) is 4.10. The van der Waals surface area contributed by atoms with Crippen LogP contribution in [0.25, 0.3) is 0 Å². The summed E-state index contributed by atoms with van der Waals surface area (Å²) >= 11 is 0. The Morgan fingerprint density at radius 1 is 1.32 bits per heavy atom. The van der Waals surface area contributed by atoms with Gasteiger partial charge in [0.1, 0.15) is 6.04 Å². The van der Waals surface area contributed by atoms with Crippen LogP contribution in [0.15, 0.2) is 0 Å². The molecule has 0 radical (unpaired) electrons. The van der Waals surface area contributed by atoms with Crippen LogP contribution < -0.4 is 11.1 Å². The van der Waals surface area contributed by atoms with Crippen molar-refractivity contribution in [1.29, 1.82) is 0 Å². The Kier molecular flexibility index (Phi) is 4.06. The number of fused-ring (bicyclic) bond motifs is 2. The molecule has 3 rings (SSSR count). The van der Waals surface area contributed by atoms with Crippen LogP contribution in [0.2, 0.25) is 0 Å². The van der Waals surface area contributed by atoms with E-state index in [1.54, 1.807) is 11.9 Å². The van der Waals surface area contributed by atoms with Crippen molar-refractivity contribution in [2.45, 2.75) is 37.8 Å². The quantitative estimate of drug-likeness (QED) is 0.758. The summed E-state index contributed by atoms with van der Waals surface area (Å²) in [5.41, 5.74) is 6.15. The van der Waals surface area contributed by atoms with Gasteiger partial charge in [-0.3, -0.25) is 9.59 Å². The number of nitrogens with one attached hydrogen (secondary N) is 1. The Balaban J connectivity index is 0.00000133. The van der Waals surface area contributed by atoms with E-state index >= 15 is 0 Å². The molecule has 0 aromatic heterocycles. The lowest BCUT2D eigenvalue weighted by Gasteiger charge is -2.28. The highest BCUT2D eigenvalue weighted by atomic mass is 35.5. The molecule has 2 saturated carbocycles. The van der Waals surface area contributed by atoms with Gasteiger partial charge >= 0.3 is 0 Å². The third-order valence-electron chi connectivity index (χ3n) is 5.03. The predicted octanol–water partition coefficient (Wildman–Crippen LogP) is 0.129. The molecule has 3 fully saturated rings. The molecule has 2 amide bonds. The normalized spacial score (nSPS) is 40.4. The number of nitrogens with two attached hydrogens (primary N) is 1. The zero-order valence-corrected chi connectivity index (χ0v) is 12.0. The molecular formula is C13H22ClN3O2. The molecule has 1 aliphatic heterocycles. The molecule has 1 heterocycles. The number of hydrogen-bond acceptors (Lipinski definition) is 3. The molecule has 0 aromatic rings. The highest BCUT2D eigenvalue weighted by Gasteiger charge is 2.49. The molecule has 5 nitrogen and oxygen atoms in total. The number of hydrogen-bond donors (Lipinski definition) is 2. The third-order valence-corrected chi connectivity index (χ3v) is 5.03. The van der Waals surface area contributed by atoms with Crippen LogP contribution in [0, 0.1) is 17.8 Å². The second kappa shape index (κ2) is 5.29. The molecule has 0 spiro atoms. The fourth-order valence-electron chi connectivity index (χ4n) is 3.95. The van der Waals surface area contributed by atoms with Crippen LogP contribution in [0.4, 0.5) is 0 Å². The lowest BCUT2D eigenvalue weighted by atomic mass is 9.84. The predicted molar refractivity (Wildman–Crippen MR) is 73.7 cm³/mol. The Labute approximate surface area is 119 Å². The van der Waals surface area contributed by atoms with Gasteiger partial charge in [0.05, 0.1) is 5.92 Å². The minimum atomic E-state index is -0.325. The van der Waals surface area contributed by atoms with E-state index in [9.17, 15) is 9.59 Å². The Morgan fingerprint density at radius 3 is 2.53 bits per heavy atom. The summed E-state index contributed by atoms with van der Waals surface area (Å²) < 4.78 is 0. The minimum Gasteiger partial charge on any atom is -0.344 e. The summed E-state index contributed by atoms with van der Waals surface area (Å²) in [5.74, 6) is 0.929. The maximum absolute atomic E-state index is 12.3. The van der Waals surface area contributed by atoms with Crippen molar-refractivity contribution in [2.75, 3.05) is 13.6 Å². The summed E-state index contributed by atoms with van der Waals surface area (Å²) in [5, 5.41) is 2.91. The van der Waals surface area contributed by atoms with Crippen molar-refractivity contribution in [2.24, 2.45) is 23.5 Å². The van der Waals surface area contributed by atoms with Gasteiger partial charge in [-0.1, -0.05) is 0 Å². The van der Waals surface area contributed by atoms with Crippen molar-refractivity contribution < 1.29 is 9.59 Å². The van der Waals surface area contributed by atoms with Crippen LogP contribution >= 0.6 is 12.4 Å². The molecule has 108 valence electrons. The van der Waals surface area contributed by atoms with Gasteiger partial charge in [0.15, 0.2) is 0 Å². The average Bonchev–Trinajstić information content (AvgIpc) is 2.99. The van der Waals surface area contributed by atoms with Crippen LogP contribution in [0.3, 0.4) is 0 Å². The Bertz CT molecular complexity index is 388. The first-order valence-electron chi connectivity index (χ1n) is 6.89. The fraction of sp³-hybridized carbons (Fsp3) is 0.846. The van der Waals surface area contributed by atoms with Gasteiger partial charge in [-0.05, 0) is 37.5 Å². The van der Waals surface area contributed by atoms with Crippen molar-refractivity contribution in [1.82, 2.24) is 10.2 Å². The third kappa shape index (κ3) is 2.34. The molecule has 6 heteroatoms. The first-order chi connectivity index (χ1) is 8.58. The van der Waals surface area contributed by atoms with Crippen molar-refractivity contribution in [3.63, 3.8) is 0 Å². The molecule has 5 unspecified atom stereocenters. The van der Waals surface area contributed by atoms with Gasteiger partial charge in [-0.2, -0.15) is 0 Å². The summed E-state index contributed by atoms with van der Waals surface area (Å²) in [6.45, 7) is 0.729. The van der Waals surface area contributed by atoms with E-state index in [1.165, 1.54) is 6.42 Å². The maximum Gasteiger partial charge on any atom is 0.244 e. The first-order valence-corrected chi connectivity index (χ1v) is 6.89. The molecule has 5 atom stereocenters. The van der Waals surface area contributed by atoms with Gasteiger partial charge in [-0.15, -0.1) is 12.4 Å². The zero-order valence-electron chi connectivity index (χ0n) is 11.2. The average molecular weight is 288 g/mol. The molecule has 2 aliphatic carbocycles. The second-order valence-electron chi connectivity index (χ2n) is 6.05. The van der Waals surface area contributed by atoms with E-state index in [0.29, 0.717) is 11.8 Å². The van der Waals surface area contributed by atoms with Gasteiger partial charge in [0.25, 0.3) is 0 Å². The molecule has 3 N–H and O–H groups in total. The molecule has 3 aliphatic rings. The molecule has 2 bridgehead atoms. The molecular weight excluding hydrogens is 266 g/mol. The monoisotopic (exact) mass is 287 g/mol. The number of amides is 2. The number of likely N-dealkylation sites (N-methyl/N-ethyl adjacent to an activating group) is 1. The Hall–Kier alpha value is -0.810. The lowest BCUT2D eigenvalue weighted by Crippen LogP contribution is -2.49. The van der Waals surface area contributed by atoms with Gasteiger partial charge in [-0.25, -0.2) is 0 Å². The highest BCUT2D eigenvalue weighted by molar-refractivity contribution is 5.90. The van der Waals surface area contributed by atoms with Crippen LogP contribution in [-0.4, -0.2) is 42.4 Å². The molecule has 1 saturated heterocycles. The number of nitrogens with zero attached hydrogens (tertiary/aromatic N) is 1. The van der Waals surface area contributed by atoms with Crippen molar-refractivity contribution in [3.8, 4) is 0 Å². The standard InChI is InChI=1S/C13H21N3O2.ClH/c1-16-5-4-9(13(16)18)15-12(17)10-7-2-3-8(6-7)11(10)14;/h7-11H,2-6,14H2,1H3,(H,15,17);1H. The van der Waals surface area contributed by atoms with Crippen LogP contribution in [0.5, 0.6) is 0 Å². The summed E-state index contributed by atoms with van der Waals surface area (Å²) in [4.78, 5) is 25.7. The van der Waals surface area contributed by atoms with E-state index in [2.05, 4.69) is 5.32 Å². The lowest BCUT2D eigenvalue weighted by molar-refractivity contribution is -0.134. The van der Waals surface area contributed by atoms with E-state index in [-0.39, 0.29) is 42.2 Å². The van der Waals surface area contributed by atoms with E-state index in [1.807, 2.05) is 0 Å². The SMILES string of the molecule is CN1CCC(NC(=O)C2C3CCC(C3)C2N)C1=O.Cl. The number of carbonyl (C=O) groups is 2. The molecule has 0 aromatic carbocycles. The maximum atomic E-state index is 12.3. The first kappa shape index (κ1) is 14.6. The van der Waals surface area contributed by atoms with Crippen molar-refractivity contribution >= 4 is 24.2 Å². The van der Waals surface area contributed by atoms with E-state index in [0.717, 1.165) is 25.8 Å². The summed E-state index contributed by atoms with van der Waals surface area (Å²) in [7, 11) is 1.78. The largest absolute Gasteiger partial charge is 0.344 e. The number of likely N-dealkylation sites (tertiary alicyclic amines) is 1. The number of rotatable bonds is 2. The Morgan fingerprint density at radius 2 is 2.00 bits per heavy atom. The minimum absolute atomic E-state index is 0. The van der Waals surface area contributed by atoms with Gasteiger partial charge in [0.2, 0.25) is 11.8 Å². The number of carbonyl (C=O) groups excluding carboxylic acids is 2. The fourth-order valence-corrected chi connectivity index (χ4v) is 3.95. The van der Waals surface area contributed by atoms with Crippen molar-refractivity contribution in [3.05, 3.63) is 0 Å². The van der Waals surface area contributed by atoms with E-state index < -0.39 is 0 Å². The van der Waals surface area contributed by atoms with Gasteiger partial charge in [0, 0.05) is 19.6 Å². The highest BCUT2D eigenvalue weighted by Crippen LogP contribution is 2.47. The zero-order chi connectivity index (χ0) is 12.9. The summed E-state index contributed by atoms with van der Waals surface area (Å²) in [6, 6.07) is -0.327. The van der Waals surface area contributed by atoms with Crippen LogP contribution in [-0.2, 0) is 9.59 Å². The smallest absolute Gasteiger partial charge is 0.244 e. The van der Waals surface area contributed by atoms with Crippen LogP contribution in [0.1, 0.15) is 25.7 Å². The second-order valence-corrected chi connectivity index (χ2v) is 6.05. The van der Waals surface area contributed by atoms with Gasteiger partial charge < -0.3 is 16.0 Å². The number of halogens is 1. The van der Waals surface area contributed by atoms with E-state index in [4.69, 9.17) is 5.73 Å².